The molecule has 2 heteroatoms. The van der Waals surface area contributed by atoms with Crippen LogP contribution in [0, 0.1) is 11.8 Å². The van der Waals surface area contributed by atoms with Crippen molar-refractivity contribution in [3.8, 4) is 0 Å². The second-order valence-corrected chi connectivity index (χ2v) is 7.03. The Morgan fingerprint density at radius 3 is 2.90 bits per heavy atom. The third-order valence-electron chi connectivity index (χ3n) is 5.88. The number of nitrogens with one attached hydrogen (secondary N) is 1. The zero-order valence-electron chi connectivity index (χ0n) is 12.3. The molecule has 0 spiro atoms. The van der Waals surface area contributed by atoms with Crippen molar-refractivity contribution in [1.82, 2.24) is 10.2 Å². The smallest absolute Gasteiger partial charge is 0.0226 e. The van der Waals surface area contributed by atoms with E-state index in [0.717, 1.165) is 23.8 Å². The van der Waals surface area contributed by atoms with Crippen LogP contribution < -0.4 is 5.32 Å². The lowest BCUT2D eigenvalue weighted by atomic mass is 9.94. The highest BCUT2D eigenvalue weighted by Crippen LogP contribution is 2.38. The van der Waals surface area contributed by atoms with Crippen molar-refractivity contribution >= 4 is 0 Å². The van der Waals surface area contributed by atoms with E-state index in [-0.39, 0.29) is 0 Å². The molecule has 0 bridgehead atoms. The molecule has 0 radical (unpaired) electrons. The molecule has 3 fully saturated rings. The van der Waals surface area contributed by atoms with Crippen LogP contribution in [0.2, 0.25) is 0 Å². The molecular weight excluding hydrogens is 244 g/mol. The molecule has 2 nitrogen and oxygen atoms in total. The van der Waals surface area contributed by atoms with Crippen LogP contribution >= 0.6 is 0 Å². The average molecular weight is 270 g/mol. The van der Waals surface area contributed by atoms with E-state index in [1.165, 1.54) is 57.4 Å². The Labute approximate surface area is 122 Å². The van der Waals surface area contributed by atoms with Crippen LogP contribution in [0.25, 0.3) is 0 Å². The summed E-state index contributed by atoms with van der Waals surface area (Å²) in [5.74, 6) is 2.73. The van der Waals surface area contributed by atoms with Crippen molar-refractivity contribution in [3.63, 3.8) is 0 Å². The van der Waals surface area contributed by atoms with Gasteiger partial charge in [0.2, 0.25) is 0 Å². The fourth-order valence-corrected chi connectivity index (χ4v) is 4.78. The van der Waals surface area contributed by atoms with E-state index < -0.39 is 0 Å². The zero-order valence-corrected chi connectivity index (χ0v) is 12.3. The van der Waals surface area contributed by atoms with Crippen molar-refractivity contribution < 1.29 is 0 Å². The highest BCUT2D eigenvalue weighted by atomic mass is 15.2. The molecule has 2 saturated heterocycles. The lowest BCUT2D eigenvalue weighted by Gasteiger charge is -2.25. The van der Waals surface area contributed by atoms with Gasteiger partial charge in [0, 0.05) is 19.1 Å². The van der Waals surface area contributed by atoms with Crippen molar-refractivity contribution in [2.45, 2.75) is 37.6 Å². The second kappa shape index (κ2) is 5.50. The molecule has 1 aromatic carbocycles. The maximum atomic E-state index is 3.80. The SMILES string of the molecule is c1ccc(C2CCN(CC3NCC4CCCC43)C2)cc1. The fraction of sp³-hybridized carbons (Fsp3) is 0.667. The predicted octanol–water partition coefficient (Wildman–Crippen LogP) is 2.86. The summed E-state index contributed by atoms with van der Waals surface area (Å²) in [6.07, 6.45) is 5.75. The number of benzene rings is 1. The second-order valence-electron chi connectivity index (χ2n) is 7.03. The van der Waals surface area contributed by atoms with Crippen molar-refractivity contribution in [2.75, 3.05) is 26.2 Å². The van der Waals surface area contributed by atoms with Gasteiger partial charge in [0.25, 0.3) is 0 Å². The van der Waals surface area contributed by atoms with Gasteiger partial charge in [0.05, 0.1) is 0 Å². The summed E-state index contributed by atoms with van der Waals surface area (Å²) in [4.78, 5) is 2.70. The molecule has 108 valence electrons. The quantitative estimate of drug-likeness (QED) is 0.908. The normalized spacial score (nSPS) is 37.4. The van der Waals surface area contributed by atoms with Gasteiger partial charge < -0.3 is 10.2 Å². The fourth-order valence-electron chi connectivity index (χ4n) is 4.78. The first-order valence-electron chi connectivity index (χ1n) is 8.41. The van der Waals surface area contributed by atoms with Gasteiger partial charge >= 0.3 is 0 Å². The van der Waals surface area contributed by atoms with Gasteiger partial charge in [-0.15, -0.1) is 0 Å². The largest absolute Gasteiger partial charge is 0.312 e. The lowest BCUT2D eigenvalue weighted by molar-refractivity contribution is 0.264. The number of rotatable bonds is 3. The van der Waals surface area contributed by atoms with Gasteiger partial charge in [-0.2, -0.15) is 0 Å². The Hall–Kier alpha value is -0.860. The number of hydrogen-bond acceptors (Lipinski definition) is 2. The summed E-state index contributed by atoms with van der Waals surface area (Å²) < 4.78 is 0. The molecule has 2 aliphatic heterocycles. The molecule has 3 aliphatic rings. The Kier molecular flexibility index (Phi) is 3.53. The standard InChI is InChI=1S/C18H26N2/c1-2-5-14(6-3-1)16-9-10-20(12-16)13-18-17-8-4-7-15(17)11-19-18/h1-3,5-6,15-19H,4,7-13H2. The maximum Gasteiger partial charge on any atom is 0.0226 e. The molecule has 4 atom stereocenters. The molecular formula is C18H26N2. The molecule has 1 aromatic rings. The van der Waals surface area contributed by atoms with E-state index in [9.17, 15) is 0 Å². The molecule has 1 N–H and O–H groups in total. The first-order chi connectivity index (χ1) is 9.90. The van der Waals surface area contributed by atoms with Gasteiger partial charge in [-0.25, -0.2) is 0 Å². The van der Waals surface area contributed by atoms with E-state index in [2.05, 4.69) is 40.5 Å². The van der Waals surface area contributed by atoms with Crippen LogP contribution in [0.15, 0.2) is 30.3 Å². The van der Waals surface area contributed by atoms with Crippen LogP contribution in [-0.2, 0) is 0 Å². The average Bonchev–Trinajstić information content (AvgIpc) is 3.19. The van der Waals surface area contributed by atoms with E-state index in [1.54, 1.807) is 0 Å². The highest BCUT2D eigenvalue weighted by Gasteiger charge is 2.40. The van der Waals surface area contributed by atoms with Crippen LogP contribution in [0.5, 0.6) is 0 Å². The number of likely N-dealkylation sites (tertiary alicyclic amines) is 1. The summed E-state index contributed by atoms with van der Waals surface area (Å²) in [7, 11) is 0. The summed E-state index contributed by atoms with van der Waals surface area (Å²) in [5.41, 5.74) is 1.54. The van der Waals surface area contributed by atoms with Crippen LogP contribution in [0.4, 0.5) is 0 Å². The molecule has 20 heavy (non-hydrogen) atoms. The Morgan fingerprint density at radius 1 is 1.10 bits per heavy atom. The Bertz CT molecular complexity index is 444. The molecule has 1 aliphatic carbocycles. The van der Waals surface area contributed by atoms with Gasteiger partial charge in [0.1, 0.15) is 0 Å². The van der Waals surface area contributed by atoms with Crippen molar-refractivity contribution in [3.05, 3.63) is 35.9 Å². The molecule has 4 rings (SSSR count). The molecule has 1 saturated carbocycles. The van der Waals surface area contributed by atoms with E-state index >= 15 is 0 Å². The number of hydrogen-bond donors (Lipinski definition) is 1. The monoisotopic (exact) mass is 270 g/mol. The summed E-state index contributed by atoms with van der Waals surface area (Å²) >= 11 is 0. The summed E-state index contributed by atoms with van der Waals surface area (Å²) in [6, 6.07) is 11.9. The van der Waals surface area contributed by atoms with Gasteiger partial charge in [-0.3, -0.25) is 0 Å². The zero-order chi connectivity index (χ0) is 13.4. The third-order valence-corrected chi connectivity index (χ3v) is 5.88. The minimum absolute atomic E-state index is 0.761. The third kappa shape index (κ3) is 2.40. The van der Waals surface area contributed by atoms with Crippen LogP contribution in [-0.4, -0.2) is 37.1 Å². The first-order valence-corrected chi connectivity index (χ1v) is 8.41. The Balaban J connectivity index is 1.35. The topological polar surface area (TPSA) is 15.3 Å². The van der Waals surface area contributed by atoms with Crippen molar-refractivity contribution in [1.29, 1.82) is 0 Å². The van der Waals surface area contributed by atoms with Crippen LogP contribution in [0.3, 0.4) is 0 Å². The first kappa shape index (κ1) is 12.8. The van der Waals surface area contributed by atoms with E-state index in [1.807, 2.05) is 0 Å². The lowest BCUT2D eigenvalue weighted by Crippen LogP contribution is -2.39. The molecule has 0 amide bonds. The summed E-state index contributed by atoms with van der Waals surface area (Å²) in [5, 5.41) is 3.80. The molecule has 2 heterocycles. The number of nitrogens with zero attached hydrogens (tertiary/aromatic N) is 1. The number of fused-ring (bicyclic) bond motifs is 1. The minimum atomic E-state index is 0.761. The van der Waals surface area contributed by atoms with Crippen LogP contribution in [0.1, 0.15) is 37.2 Å². The molecule has 4 unspecified atom stereocenters. The summed E-state index contributed by atoms with van der Waals surface area (Å²) in [6.45, 7) is 5.12. The Morgan fingerprint density at radius 2 is 2.00 bits per heavy atom. The van der Waals surface area contributed by atoms with Gasteiger partial charge in [-0.05, 0) is 55.7 Å². The highest BCUT2D eigenvalue weighted by molar-refractivity contribution is 5.21. The maximum absolute atomic E-state index is 3.80. The van der Waals surface area contributed by atoms with E-state index in [0.29, 0.717) is 0 Å². The van der Waals surface area contributed by atoms with Crippen molar-refractivity contribution in [2.24, 2.45) is 11.8 Å². The molecule has 0 aromatic heterocycles. The van der Waals surface area contributed by atoms with E-state index in [4.69, 9.17) is 0 Å². The minimum Gasteiger partial charge on any atom is -0.312 e. The van der Waals surface area contributed by atoms with Gasteiger partial charge in [0.15, 0.2) is 0 Å². The van der Waals surface area contributed by atoms with Gasteiger partial charge in [-0.1, -0.05) is 36.8 Å². The predicted molar refractivity (Wildman–Crippen MR) is 82.9 cm³/mol.